The summed E-state index contributed by atoms with van der Waals surface area (Å²) in [6.07, 6.45) is 6.00. The minimum atomic E-state index is -0.219. The topological polar surface area (TPSA) is 55.2 Å². The molecular weight excluding hydrogens is 322 g/mol. The zero-order valence-electron chi connectivity index (χ0n) is 10.6. The Morgan fingerprint density at radius 1 is 1.15 bits per heavy atom. The number of carbonyl (C=O) groups excluding carboxylic acids is 2. The fourth-order valence-corrected chi connectivity index (χ4v) is 2.86. The predicted molar refractivity (Wildman–Crippen MR) is 76.4 cm³/mol. The molecule has 2 heterocycles. The van der Waals surface area contributed by atoms with Gasteiger partial charge in [-0.2, -0.15) is 0 Å². The first-order chi connectivity index (χ1) is 9.68. The largest absolute Gasteiger partial charge is 0.337 e. The Morgan fingerprint density at radius 3 is 2.70 bits per heavy atom. The summed E-state index contributed by atoms with van der Waals surface area (Å²) >= 11 is 3.33. The number of halogens is 1. The van der Waals surface area contributed by atoms with Crippen LogP contribution in [0.5, 0.6) is 0 Å². The molecule has 5 nitrogen and oxygen atoms in total. The van der Waals surface area contributed by atoms with Crippen molar-refractivity contribution in [1.82, 2.24) is 14.5 Å². The summed E-state index contributed by atoms with van der Waals surface area (Å²) in [4.78, 5) is 29.8. The van der Waals surface area contributed by atoms with Crippen molar-refractivity contribution in [2.45, 2.75) is 13.0 Å². The van der Waals surface area contributed by atoms with Crippen LogP contribution in [0.15, 0.2) is 41.4 Å². The molecule has 3 rings (SSSR count). The van der Waals surface area contributed by atoms with Gasteiger partial charge in [-0.25, -0.2) is 4.98 Å². The van der Waals surface area contributed by atoms with Crippen LogP contribution in [0.4, 0.5) is 0 Å². The third-order valence-electron chi connectivity index (χ3n) is 3.31. The molecule has 0 fully saturated rings. The van der Waals surface area contributed by atoms with E-state index < -0.39 is 0 Å². The normalized spacial score (nSPS) is 13.9. The molecule has 1 aromatic carbocycles. The number of imidazole rings is 1. The first-order valence-corrected chi connectivity index (χ1v) is 7.08. The third-order valence-corrected chi connectivity index (χ3v) is 3.97. The molecule has 0 saturated heterocycles. The van der Waals surface area contributed by atoms with Crippen LogP contribution in [-0.2, 0) is 6.54 Å². The quantitative estimate of drug-likeness (QED) is 0.807. The maximum absolute atomic E-state index is 12.3. The van der Waals surface area contributed by atoms with Gasteiger partial charge in [0, 0.05) is 30.0 Å². The van der Waals surface area contributed by atoms with Crippen LogP contribution in [0, 0.1) is 0 Å². The molecule has 0 radical (unpaired) electrons. The highest BCUT2D eigenvalue weighted by Crippen LogP contribution is 2.29. The number of hydrogen-bond donors (Lipinski definition) is 0. The highest BCUT2D eigenvalue weighted by Gasteiger charge is 2.36. The number of imide groups is 1. The van der Waals surface area contributed by atoms with E-state index in [1.807, 2.05) is 10.8 Å². The van der Waals surface area contributed by atoms with Gasteiger partial charge >= 0.3 is 0 Å². The SMILES string of the molecule is O=C1c2cccc(Br)c2C(=O)N1CCCn1ccnc1. The summed E-state index contributed by atoms with van der Waals surface area (Å²) in [7, 11) is 0. The smallest absolute Gasteiger partial charge is 0.262 e. The summed E-state index contributed by atoms with van der Waals surface area (Å²) < 4.78 is 2.60. The second-order valence-corrected chi connectivity index (χ2v) is 5.43. The van der Waals surface area contributed by atoms with Gasteiger partial charge in [0.25, 0.3) is 11.8 Å². The van der Waals surface area contributed by atoms with Crippen LogP contribution in [0.3, 0.4) is 0 Å². The molecule has 1 aliphatic heterocycles. The minimum absolute atomic E-state index is 0.211. The first kappa shape index (κ1) is 13.1. The number of fused-ring (bicyclic) bond motifs is 1. The first-order valence-electron chi connectivity index (χ1n) is 6.29. The number of benzene rings is 1. The molecule has 2 aromatic rings. The van der Waals surface area contributed by atoms with E-state index >= 15 is 0 Å². The van der Waals surface area contributed by atoms with Gasteiger partial charge in [-0.1, -0.05) is 6.07 Å². The van der Waals surface area contributed by atoms with Crippen molar-refractivity contribution in [2.75, 3.05) is 6.54 Å². The molecule has 0 spiro atoms. The molecule has 1 aliphatic rings. The zero-order chi connectivity index (χ0) is 14.1. The Labute approximate surface area is 124 Å². The van der Waals surface area contributed by atoms with Gasteiger partial charge in [0.05, 0.1) is 17.5 Å². The molecule has 102 valence electrons. The van der Waals surface area contributed by atoms with Crippen LogP contribution in [-0.4, -0.2) is 32.8 Å². The lowest BCUT2D eigenvalue weighted by molar-refractivity contribution is 0.0650. The fraction of sp³-hybridized carbons (Fsp3) is 0.214. The number of aromatic nitrogens is 2. The standard InChI is InChI=1S/C14H12BrN3O2/c15-11-4-1-3-10-12(11)14(20)18(13(10)19)7-2-6-17-8-5-16-9-17/h1,3-5,8-9H,2,6-7H2. The van der Waals surface area contributed by atoms with Gasteiger partial charge in [-0.05, 0) is 34.5 Å². The Balaban J connectivity index is 1.72. The highest BCUT2D eigenvalue weighted by atomic mass is 79.9. The van der Waals surface area contributed by atoms with E-state index in [-0.39, 0.29) is 11.8 Å². The maximum atomic E-state index is 12.3. The molecular formula is C14H12BrN3O2. The highest BCUT2D eigenvalue weighted by molar-refractivity contribution is 9.10. The summed E-state index contributed by atoms with van der Waals surface area (Å²) in [5.41, 5.74) is 0.951. The maximum Gasteiger partial charge on any atom is 0.262 e. The van der Waals surface area contributed by atoms with E-state index in [1.54, 1.807) is 30.7 Å². The molecule has 0 N–H and O–H groups in total. The second kappa shape index (κ2) is 5.20. The van der Waals surface area contributed by atoms with Crippen molar-refractivity contribution in [3.8, 4) is 0 Å². The average molecular weight is 334 g/mol. The molecule has 0 bridgehead atoms. The summed E-state index contributed by atoms with van der Waals surface area (Å²) in [6.45, 7) is 1.14. The number of nitrogens with zero attached hydrogens (tertiary/aromatic N) is 3. The van der Waals surface area contributed by atoms with Crippen molar-refractivity contribution < 1.29 is 9.59 Å². The van der Waals surface area contributed by atoms with Gasteiger partial charge in [0.15, 0.2) is 0 Å². The average Bonchev–Trinajstić information content (AvgIpc) is 3.02. The van der Waals surface area contributed by atoms with Gasteiger partial charge in [-0.3, -0.25) is 14.5 Å². The molecule has 0 saturated carbocycles. The van der Waals surface area contributed by atoms with Crippen molar-refractivity contribution in [3.05, 3.63) is 52.5 Å². The third kappa shape index (κ3) is 2.16. The van der Waals surface area contributed by atoms with E-state index in [9.17, 15) is 9.59 Å². The summed E-state index contributed by atoms with van der Waals surface area (Å²) in [5.74, 6) is -0.431. The van der Waals surface area contributed by atoms with E-state index in [0.717, 1.165) is 6.54 Å². The van der Waals surface area contributed by atoms with E-state index in [2.05, 4.69) is 20.9 Å². The van der Waals surface area contributed by atoms with Gasteiger partial charge < -0.3 is 4.57 Å². The van der Waals surface area contributed by atoms with Crippen LogP contribution in [0.1, 0.15) is 27.1 Å². The molecule has 20 heavy (non-hydrogen) atoms. The number of hydrogen-bond acceptors (Lipinski definition) is 3. The van der Waals surface area contributed by atoms with Crippen LogP contribution < -0.4 is 0 Å². The minimum Gasteiger partial charge on any atom is -0.337 e. The van der Waals surface area contributed by atoms with Crippen molar-refractivity contribution in [1.29, 1.82) is 0 Å². The fourth-order valence-electron chi connectivity index (χ4n) is 2.33. The lowest BCUT2D eigenvalue weighted by Gasteiger charge is -2.13. The lowest BCUT2D eigenvalue weighted by Crippen LogP contribution is -2.31. The number of carbonyl (C=O) groups is 2. The van der Waals surface area contributed by atoms with Crippen molar-refractivity contribution in [3.63, 3.8) is 0 Å². The van der Waals surface area contributed by atoms with Crippen molar-refractivity contribution >= 4 is 27.7 Å². The number of amides is 2. The monoisotopic (exact) mass is 333 g/mol. The Kier molecular flexibility index (Phi) is 3.40. The Hall–Kier alpha value is -1.95. The van der Waals surface area contributed by atoms with E-state index in [0.29, 0.717) is 28.6 Å². The molecule has 2 amide bonds. The van der Waals surface area contributed by atoms with Crippen LogP contribution >= 0.6 is 15.9 Å². The van der Waals surface area contributed by atoms with Crippen LogP contribution in [0.25, 0.3) is 0 Å². The number of rotatable bonds is 4. The Morgan fingerprint density at radius 2 is 2.00 bits per heavy atom. The molecule has 0 atom stereocenters. The predicted octanol–water partition coefficient (Wildman–Crippen LogP) is 2.33. The van der Waals surface area contributed by atoms with E-state index in [1.165, 1.54) is 4.90 Å². The summed E-state index contributed by atoms with van der Waals surface area (Å²) in [5, 5.41) is 0. The molecule has 6 heteroatoms. The molecule has 0 unspecified atom stereocenters. The molecule has 1 aromatic heterocycles. The van der Waals surface area contributed by atoms with Crippen LogP contribution in [0.2, 0.25) is 0 Å². The zero-order valence-corrected chi connectivity index (χ0v) is 12.2. The summed E-state index contributed by atoms with van der Waals surface area (Å²) in [6, 6.07) is 5.23. The van der Waals surface area contributed by atoms with Crippen molar-refractivity contribution in [2.24, 2.45) is 0 Å². The number of aryl methyl sites for hydroxylation is 1. The van der Waals surface area contributed by atoms with Gasteiger partial charge in [-0.15, -0.1) is 0 Å². The van der Waals surface area contributed by atoms with Gasteiger partial charge in [0.2, 0.25) is 0 Å². The lowest BCUT2D eigenvalue weighted by atomic mass is 10.1. The Bertz CT molecular complexity index is 667. The second-order valence-electron chi connectivity index (χ2n) is 4.58. The molecule has 0 aliphatic carbocycles. The van der Waals surface area contributed by atoms with E-state index in [4.69, 9.17) is 0 Å². The van der Waals surface area contributed by atoms with Gasteiger partial charge in [0.1, 0.15) is 0 Å².